The van der Waals surface area contributed by atoms with Crippen LogP contribution in [0.5, 0.6) is 0 Å². The molecule has 77 heavy (non-hydrogen) atoms. The van der Waals surface area contributed by atoms with Crippen LogP contribution in [-0.4, -0.2) is 185 Å². The summed E-state index contributed by atoms with van der Waals surface area (Å²) in [5.41, 5.74) is 28.6. The molecule has 0 spiro atoms. The second-order valence-corrected chi connectivity index (χ2v) is 20.2. The van der Waals surface area contributed by atoms with Gasteiger partial charge in [0, 0.05) is 0 Å². The van der Waals surface area contributed by atoms with Crippen LogP contribution in [0.1, 0.15) is 126 Å². The predicted molar refractivity (Wildman–Crippen MR) is 285 cm³/mol. The Kier molecular flexibility index (Phi) is 36.0. The third-order valence-corrected chi connectivity index (χ3v) is 12.5. The maximum Gasteiger partial charge on any atom is 0.326 e. The van der Waals surface area contributed by atoms with Gasteiger partial charge in [0.2, 0.25) is 53.2 Å². The van der Waals surface area contributed by atoms with Crippen LogP contribution in [0.2, 0.25) is 0 Å². The normalized spacial score (nSPS) is 15.7. The third kappa shape index (κ3) is 27.0. The molecule has 0 unspecified atom stereocenters. The standard InChI is InChI=1S/C49H94N14O14/c1-26(2)36(61-47(74)37(27(3)4)60-40(67)30(54)16-8-12-20-50)46(73)59-35(25-65)45(72)58-34(24-64)44(71)56-33(19-11-15-23-53)43(70)63-39(29(7)66)48(75)57-31(17-9-13-21-51)41(68)55-32(18-10-14-22-52)42(69)62-38(28(5)6)49(76)77/h26-39,64-66H,8-25,50-54H2,1-7H3,(H,55,68)(H,56,71)(H,57,75)(H,58,72)(H,59,73)(H,60,67)(H,61,74)(H,62,69)(H,63,70)(H,76,77)/t29-,30+,31+,32+,33+,34+,35+,36+,37+,38+,39+/m1/s1. The highest BCUT2D eigenvalue weighted by atomic mass is 16.4. The number of nitrogens with two attached hydrogens (primary N) is 5. The third-order valence-electron chi connectivity index (χ3n) is 12.5. The van der Waals surface area contributed by atoms with Crippen molar-refractivity contribution in [2.45, 2.75) is 192 Å². The summed E-state index contributed by atoms with van der Waals surface area (Å²) in [5, 5.41) is 63.1. The number of rotatable bonds is 41. The largest absolute Gasteiger partial charge is 0.480 e. The van der Waals surface area contributed by atoms with E-state index in [2.05, 4.69) is 47.9 Å². The zero-order chi connectivity index (χ0) is 58.9. The summed E-state index contributed by atoms with van der Waals surface area (Å²) >= 11 is 0. The van der Waals surface area contributed by atoms with E-state index in [1.54, 1.807) is 41.5 Å². The van der Waals surface area contributed by atoms with Gasteiger partial charge in [-0.2, -0.15) is 0 Å². The summed E-state index contributed by atoms with van der Waals surface area (Å²) in [6.07, 6.45) is 2.13. The smallest absolute Gasteiger partial charge is 0.326 e. The molecule has 0 aliphatic carbocycles. The second-order valence-electron chi connectivity index (χ2n) is 20.2. The van der Waals surface area contributed by atoms with Crippen LogP contribution in [0.3, 0.4) is 0 Å². The Morgan fingerprint density at radius 2 is 0.610 bits per heavy atom. The van der Waals surface area contributed by atoms with Crippen molar-refractivity contribution in [2.75, 3.05) is 39.4 Å². The van der Waals surface area contributed by atoms with E-state index < -0.39 is 157 Å². The molecule has 0 bridgehead atoms. The van der Waals surface area contributed by atoms with Crippen molar-refractivity contribution in [3.05, 3.63) is 0 Å². The fraction of sp³-hybridized carbons (Fsp3) is 0.796. The van der Waals surface area contributed by atoms with Gasteiger partial charge in [-0.15, -0.1) is 0 Å². The molecule has 0 aromatic heterocycles. The van der Waals surface area contributed by atoms with Crippen LogP contribution in [0, 0.1) is 17.8 Å². The number of aliphatic hydroxyl groups is 3. The number of aliphatic carboxylic acids is 1. The van der Waals surface area contributed by atoms with Crippen molar-refractivity contribution in [2.24, 2.45) is 46.4 Å². The molecule has 0 fully saturated rings. The van der Waals surface area contributed by atoms with Crippen LogP contribution in [0.15, 0.2) is 0 Å². The number of hydrogen-bond donors (Lipinski definition) is 18. The molecule has 0 rings (SSSR count). The minimum Gasteiger partial charge on any atom is -0.480 e. The van der Waals surface area contributed by atoms with Crippen molar-refractivity contribution < 1.29 is 68.4 Å². The molecule has 28 nitrogen and oxygen atoms in total. The molecule has 0 aliphatic rings. The fourth-order valence-corrected chi connectivity index (χ4v) is 7.65. The minimum absolute atomic E-state index is 0.00973. The molecule has 0 saturated carbocycles. The average Bonchev–Trinajstić information content (AvgIpc) is 3.36. The molecule has 0 heterocycles. The molecular weight excluding hydrogens is 1010 g/mol. The van der Waals surface area contributed by atoms with E-state index in [0.717, 1.165) is 0 Å². The van der Waals surface area contributed by atoms with Crippen LogP contribution >= 0.6 is 0 Å². The van der Waals surface area contributed by atoms with Crippen LogP contribution < -0.4 is 76.5 Å². The van der Waals surface area contributed by atoms with Crippen molar-refractivity contribution >= 4 is 59.1 Å². The molecule has 0 aliphatic heterocycles. The fourth-order valence-electron chi connectivity index (χ4n) is 7.65. The van der Waals surface area contributed by atoms with Gasteiger partial charge in [0.05, 0.1) is 25.4 Å². The topological polar surface area (TPSA) is 490 Å². The molecule has 28 heteroatoms. The lowest BCUT2D eigenvalue weighted by atomic mass is 9.98. The molecule has 0 aromatic rings. The van der Waals surface area contributed by atoms with Crippen molar-refractivity contribution in [1.82, 2.24) is 47.9 Å². The maximum absolute atomic E-state index is 13.9. The molecule has 444 valence electrons. The van der Waals surface area contributed by atoms with E-state index in [4.69, 9.17) is 28.7 Å². The van der Waals surface area contributed by atoms with Gasteiger partial charge in [-0.25, -0.2) is 4.79 Å². The van der Waals surface area contributed by atoms with E-state index >= 15 is 0 Å². The van der Waals surface area contributed by atoms with Gasteiger partial charge in [0.25, 0.3) is 0 Å². The Labute approximate surface area is 452 Å². The Bertz CT molecular complexity index is 1860. The minimum atomic E-state index is -1.79. The number of carboxylic acid groups (broad SMARTS) is 1. The lowest BCUT2D eigenvalue weighted by Gasteiger charge is -2.29. The van der Waals surface area contributed by atoms with Crippen molar-refractivity contribution in [1.29, 1.82) is 0 Å². The number of amides is 9. The van der Waals surface area contributed by atoms with E-state index in [1.807, 2.05) is 0 Å². The first-order valence-electron chi connectivity index (χ1n) is 26.7. The van der Waals surface area contributed by atoms with Gasteiger partial charge >= 0.3 is 5.97 Å². The van der Waals surface area contributed by atoms with Gasteiger partial charge in [0.15, 0.2) is 0 Å². The number of carboxylic acids is 1. The summed E-state index contributed by atoms with van der Waals surface area (Å²) in [6, 6.07) is -14.0. The lowest BCUT2D eigenvalue weighted by Crippen LogP contribution is -2.63. The predicted octanol–water partition coefficient (Wildman–Crippen LogP) is -5.39. The number of carbonyl (C=O) groups excluding carboxylic acids is 9. The van der Waals surface area contributed by atoms with Gasteiger partial charge in [-0.1, -0.05) is 48.0 Å². The SMILES string of the molecule is CC(C)[C@H](NC(=O)[C@H](CCCCN)NC(=O)[C@H](CCCCN)NC(=O)[C@@H](NC(=O)[C@H](CCCCN)NC(=O)[C@H](CO)NC(=O)[C@H](CO)NC(=O)[C@@H](NC(=O)[C@@H](NC(=O)[C@@H](N)CCCCN)C(C)C)C(C)C)[C@@H](C)O)C(=O)O. The molecule has 0 aromatic carbocycles. The van der Waals surface area contributed by atoms with Crippen molar-refractivity contribution in [3.8, 4) is 0 Å². The molecule has 23 N–H and O–H groups in total. The highest BCUT2D eigenvalue weighted by molar-refractivity contribution is 5.98. The zero-order valence-electron chi connectivity index (χ0n) is 46.1. The Hall–Kier alpha value is -5.62. The summed E-state index contributed by atoms with van der Waals surface area (Å²) in [6.45, 7) is 9.97. The van der Waals surface area contributed by atoms with E-state index in [9.17, 15) is 68.4 Å². The van der Waals surface area contributed by atoms with Gasteiger partial charge in [-0.3, -0.25) is 43.2 Å². The van der Waals surface area contributed by atoms with Gasteiger partial charge < -0.3 is 96.9 Å². The lowest BCUT2D eigenvalue weighted by molar-refractivity contribution is -0.143. The first-order valence-corrected chi connectivity index (χ1v) is 26.7. The first-order chi connectivity index (χ1) is 36.3. The number of aliphatic hydroxyl groups excluding tert-OH is 3. The number of hydrogen-bond acceptors (Lipinski definition) is 18. The number of nitrogens with one attached hydrogen (secondary N) is 9. The van der Waals surface area contributed by atoms with Gasteiger partial charge in [-0.05, 0) is 121 Å². The van der Waals surface area contributed by atoms with E-state index in [1.165, 1.54) is 6.92 Å². The second kappa shape index (κ2) is 38.9. The Morgan fingerprint density at radius 3 is 0.948 bits per heavy atom. The molecular formula is C49H94N14O14. The highest BCUT2D eigenvalue weighted by Gasteiger charge is 2.37. The summed E-state index contributed by atoms with van der Waals surface area (Å²) in [4.78, 5) is 134. The first kappa shape index (κ1) is 71.4. The maximum atomic E-state index is 13.9. The van der Waals surface area contributed by atoms with E-state index in [0.29, 0.717) is 57.9 Å². The summed E-state index contributed by atoms with van der Waals surface area (Å²) in [5.74, 6) is -11.0. The summed E-state index contributed by atoms with van der Waals surface area (Å²) < 4.78 is 0. The highest BCUT2D eigenvalue weighted by Crippen LogP contribution is 2.12. The van der Waals surface area contributed by atoms with Crippen LogP contribution in [0.4, 0.5) is 0 Å². The molecule has 0 saturated heterocycles. The average molecular weight is 1100 g/mol. The Balaban J connectivity index is 6.38. The number of carbonyl (C=O) groups is 10. The quantitative estimate of drug-likeness (QED) is 0.0254. The Morgan fingerprint density at radius 1 is 0.351 bits per heavy atom. The monoisotopic (exact) mass is 1100 g/mol. The van der Waals surface area contributed by atoms with Gasteiger partial charge in [0.1, 0.15) is 54.4 Å². The zero-order valence-corrected chi connectivity index (χ0v) is 46.1. The van der Waals surface area contributed by atoms with Crippen LogP contribution in [-0.2, 0) is 47.9 Å². The summed E-state index contributed by atoms with van der Waals surface area (Å²) in [7, 11) is 0. The molecule has 9 amide bonds. The van der Waals surface area contributed by atoms with Crippen molar-refractivity contribution in [3.63, 3.8) is 0 Å². The molecule has 11 atom stereocenters. The number of unbranched alkanes of at least 4 members (excludes halogenated alkanes) is 4. The van der Waals surface area contributed by atoms with E-state index in [-0.39, 0.29) is 45.3 Å². The van der Waals surface area contributed by atoms with Crippen LogP contribution in [0.25, 0.3) is 0 Å². The molecule has 0 radical (unpaired) electrons.